The molecule has 0 aromatic rings. The fourth-order valence-corrected chi connectivity index (χ4v) is 1.47. The molecule has 0 fully saturated rings. The van der Waals surface area contributed by atoms with E-state index in [-0.39, 0.29) is 12.6 Å². The van der Waals surface area contributed by atoms with Crippen molar-refractivity contribution < 1.29 is 17.9 Å². The van der Waals surface area contributed by atoms with Crippen molar-refractivity contribution in [3.8, 4) is 0 Å². The summed E-state index contributed by atoms with van der Waals surface area (Å²) < 4.78 is 41.3. The number of hydrogen-bond donors (Lipinski definition) is 2. The molecule has 0 saturated carbocycles. The van der Waals surface area contributed by atoms with Crippen molar-refractivity contribution in [2.24, 2.45) is 4.99 Å². The van der Waals surface area contributed by atoms with Crippen molar-refractivity contribution in [1.29, 1.82) is 0 Å². The molecule has 0 rings (SSSR count). The molecule has 0 radical (unpaired) electrons. The topological polar surface area (TPSA) is 48.9 Å². The van der Waals surface area contributed by atoms with Crippen LogP contribution in [0, 0.1) is 0 Å². The lowest BCUT2D eigenvalue weighted by molar-refractivity contribution is -0.142. The third-order valence-electron chi connectivity index (χ3n) is 2.26. The Morgan fingerprint density at radius 3 is 2.53 bits per heavy atom. The van der Waals surface area contributed by atoms with Crippen LogP contribution in [0.15, 0.2) is 4.99 Å². The lowest BCUT2D eigenvalue weighted by Gasteiger charge is -2.21. The Labute approximate surface area is 112 Å². The normalized spacial score (nSPS) is 14.6. The van der Waals surface area contributed by atoms with E-state index in [9.17, 15) is 13.2 Å². The van der Waals surface area contributed by atoms with Gasteiger partial charge >= 0.3 is 6.18 Å². The molecule has 0 saturated heterocycles. The zero-order valence-electron chi connectivity index (χ0n) is 11.8. The number of hydrogen-bond acceptors (Lipinski definition) is 3. The summed E-state index contributed by atoms with van der Waals surface area (Å²) in [4.78, 5) is 5.19. The second-order valence-corrected chi connectivity index (χ2v) is 4.35. The number of guanidine groups is 1. The van der Waals surface area contributed by atoms with E-state index in [0.717, 1.165) is 0 Å². The van der Waals surface area contributed by atoms with Gasteiger partial charge in [-0.1, -0.05) is 0 Å². The van der Waals surface area contributed by atoms with Gasteiger partial charge in [0.25, 0.3) is 0 Å². The molecule has 8 heteroatoms. The van der Waals surface area contributed by atoms with Gasteiger partial charge in [-0.15, -0.1) is 0 Å². The van der Waals surface area contributed by atoms with Crippen LogP contribution in [0.5, 0.6) is 0 Å². The first-order valence-corrected chi connectivity index (χ1v) is 6.00. The van der Waals surface area contributed by atoms with Crippen LogP contribution in [0.4, 0.5) is 13.2 Å². The van der Waals surface area contributed by atoms with Gasteiger partial charge in [-0.2, -0.15) is 13.2 Å². The third kappa shape index (κ3) is 10.6. The maximum Gasteiger partial charge on any atom is 0.401 e. The molecule has 1 atom stereocenters. The average molecular weight is 284 g/mol. The van der Waals surface area contributed by atoms with Gasteiger partial charge in [-0.05, 0) is 14.0 Å². The Kier molecular flexibility index (Phi) is 8.49. The van der Waals surface area contributed by atoms with Crippen LogP contribution in [0.3, 0.4) is 0 Å². The first-order chi connectivity index (χ1) is 8.78. The summed E-state index contributed by atoms with van der Waals surface area (Å²) in [5.74, 6) is 0.546. The van der Waals surface area contributed by atoms with Crippen LogP contribution in [-0.4, -0.2) is 70.5 Å². The van der Waals surface area contributed by atoms with E-state index in [4.69, 9.17) is 4.74 Å². The molecule has 0 aromatic carbocycles. The molecule has 0 bridgehead atoms. The molecule has 19 heavy (non-hydrogen) atoms. The van der Waals surface area contributed by atoms with Crippen LogP contribution in [-0.2, 0) is 4.74 Å². The van der Waals surface area contributed by atoms with Crippen molar-refractivity contribution in [2.75, 3.05) is 47.4 Å². The van der Waals surface area contributed by atoms with Crippen LogP contribution in [0.25, 0.3) is 0 Å². The highest BCUT2D eigenvalue weighted by atomic mass is 19.4. The minimum atomic E-state index is -4.17. The number of methoxy groups -OCH3 is 1. The number of alkyl halides is 3. The van der Waals surface area contributed by atoms with E-state index in [0.29, 0.717) is 19.1 Å². The molecule has 5 nitrogen and oxygen atoms in total. The summed E-state index contributed by atoms with van der Waals surface area (Å²) in [6.45, 7) is 2.19. The molecule has 0 spiro atoms. The van der Waals surface area contributed by atoms with E-state index in [2.05, 4.69) is 15.6 Å². The molecule has 0 aliphatic rings. The zero-order valence-corrected chi connectivity index (χ0v) is 11.8. The first kappa shape index (κ1) is 18.0. The minimum Gasteiger partial charge on any atom is -0.383 e. The zero-order chi connectivity index (χ0) is 14.9. The van der Waals surface area contributed by atoms with Gasteiger partial charge < -0.3 is 15.4 Å². The Balaban J connectivity index is 3.90. The second-order valence-electron chi connectivity index (χ2n) is 4.35. The highest BCUT2D eigenvalue weighted by molar-refractivity contribution is 5.79. The fraction of sp³-hybridized carbons (Fsp3) is 0.909. The molecule has 0 amide bonds. The lowest BCUT2D eigenvalue weighted by atomic mass is 10.4. The predicted molar refractivity (Wildman–Crippen MR) is 69.4 cm³/mol. The molecule has 114 valence electrons. The van der Waals surface area contributed by atoms with Crippen molar-refractivity contribution in [1.82, 2.24) is 15.5 Å². The molecule has 0 aliphatic carbocycles. The Bertz CT molecular complexity index is 271. The Morgan fingerprint density at radius 2 is 2.05 bits per heavy atom. The van der Waals surface area contributed by atoms with E-state index >= 15 is 0 Å². The van der Waals surface area contributed by atoms with Gasteiger partial charge in [0.15, 0.2) is 5.96 Å². The van der Waals surface area contributed by atoms with E-state index in [1.165, 1.54) is 11.9 Å². The highest BCUT2D eigenvalue weighted by Crippen LogP contribution is 2.14. The standard InChI is InChI=1S/C11H23F3N4O/c1-9(7-19-4)17-10(15-2)16-5-6-18(3)8-11(12,13)14/h9H,5-8H2,1-4H3,(H2,15,16,17). The van der Waals surface area contributed by atoms with Gasteiger partial charge in [-0.3, -0.25) is 9.89 Å². The summed E-state index contributed by atoms with van der Waals surface area (Å²) in [6, 6.07) is 0.0732. The number of halogens is 3. The van der Waals surface area contributed by atoms with Crippen LogP contribution in [0.2, 0.25) is 0 Å². The monoisotopic (exact) mass is 284 g/mol. The van der Waals surface area contributed by atoms with E-state index < -0.39 is 12.7 Å². The second kappa shape index (κ2) is 8.98. The summed E-state index contributed by atoms with van der Waals surface area (Å²) in [6.07, 6.45) is -4.17. The lowest BCUT2D eigenvalue weighted by Crippen LogP contribution is -2.46. The number of nitrogens with one attached hydrogen (secondary N) is 2. The average Bonchev–Trinajstić information content (AvgIpc) is 2.25. The minimum absolute atomic E-state index is 0.0732. The number of rotatable bonds is 7. The van der Waals surface area contributed by atoms with Gasteiger partial charge in [0, 0.05) is 33.3 Å². The molecular weight excluding hydrogens is 261 g/mol. The van der Waals surface area contributed by atoms with Crippen molar-refractivity contribution in [3.05, 3.63) is 0 Å². The van der Waals surface area contributed by atoms with Gasteiger partial charge in [0.2, 0.25) is 0 Å². The van der Waals surface area contributed by atoms with Gasteiger partial charge in [0.05, 0.1) is 13.2 Å². The molecule has 2 N–H and O–H groups in total. The smallest absolute Gasteiger partial charge is 0.383 e. The Hall–Kier alpha value is -1.02. The van der Waals surface area contributed by atoms with Crippen LogP contribution in [0.1, 0.15) is 6.92 Å². The van der Waals surface area contributed by atoms with Crippen LogP contribution >= 0.6 is 0 Å². The number of ether oxygens (including phenoxy) is 1. The maximum atomic E-state index is 12.1. The van der Waals surface area contributed by atoms with Crippen LogP contribution < -0.4 is 10.6 Å². The van der Waals surface area contributed by atoms with Gasteiger partial charge in [0.1, 0.15) is 0 Å². The van der Waals surface area contributed by atoms with E-state index in [1.807, 2.05) is 6.92 Å². The molecular formula is C11H23F3N4O. The maximum absolute atomic E-state index is 12.1. The Morgan fingerprint density at radius 1 is 1.42 bits per heavy atom. The number of likely N-dealkylation sites (N-methyl/N-ethyl adjacent to an activating group) is 1. The molecule has 0 heterocycles. The predicted octanol–water partition coefficient (Wildman–Crippen LogP) is 0.680. The summed E-state index contributed by atoms with van der Waals surface area (Å²) in [5.41, 5.74) is 0. The van der Waals surface area contributed by atoms with Crippen molar-refractivity contribution in [2.45, 2.75) is 19.1 Å². The summed E-state index contributed by atoms with van der Waals surface area (Å²) in [5, 5.41) is 6.01. The summed E-state index contributed by atoms with van der Waals surface area (Å²) >= 11 is 0. The fourth-order valence-electron chi connectivity index (χ4n) is 1.47. The SMILES string of the molecule is CN=C(NCCN(C)CC(F)(F)F)NC(C)COC. The number of nitrogens with zero attached hydrogens (tertiary/aromatic N) is 2. The quantitative estimate of drug-likeness (QED) is 0.533. The summed E-state index contributed by atoms with van der Waals surface area (Å²) in [7, 11) is 4.63. The van der Waals surface area contributed by atoms with Crippen molar-refractivity contribution >= 4 is 5.96 Å². The highest BCUT2D eigenvalue weighted by Gasteiger charge is 2.28. The molecule has 0 aliphatic heterocycles. The van der Waals surface area contributed by atoms with Crippen molar-refractivity contribution in [3.63, 3.8) is 0 Å². The van der Waals surface area contributed by atoms with E-state index in [1.54, 1.807) is 14.2 Å². The largest absolute Gasteiger partial charge is 0.401 e. The molecule has 1 unspecified atom stereocenters. The third-order valence-corrected chi connectivity index (χ3v) is 2.26. The van der Waals surface area contributed by atoms with Gasteiger partial charge in [-0.25, -0.2) is 0 Å². The molecule has 0 aromatic heterocycles. The number of aliphatic imine (C=N–C) groups is 1. The first-order valence-electron chi connectivity index (χ1n) is 6.00.